The van der Waals surface area contributed by atoms with E-state index in [4.69, 9.17) is 9.47 Å². The number of para-hydroxylation sites is 1. The third kappa shape index (κ3) is 2.74. The second-order valence-corrected chi connectivity index (χ2v) is 8.91. The summed E-state index contributed by atoms with van der Waals surface area (Å²) in [5.74, 6) is 0.829. The van der Waals surface area contributed by atoms with Crippen LogP contribution in [0.15, 0.2) is 52.3 Å². The molecule has 2 saturated heterocycles. The number of likely N-dealkylation sites (tertiary alicyclic amines) is 1. The van der Waals surface area contributed by atoms with E-state index in [9.17, 15) is 5.11 Å². The van der Waals surface area contributed by atoms with Gasteiger partial charge in [0.15, 0.2) is 0 Å². The molecule has 142 valence electrons. The van der Waals surface area contributed by atoms with E-state index in [0.717, 1.165) is 43.4 Å². The first-order valence-corrected chi connectivity index (χ1v) is 10.2. The van der Waals surface area contributed by atoms with Crippen LogP contribution in [0.5, 0.6) is 5.75 Å². The summed E-state index contributed by atoms with van der Waals surface area (Å²) in [5.41, 5.74) is 2.53. The van der Waals surface area contributed by atoms with Gasteiger partial charge >= 0.3 is 0 Å². The molecule has 3 aliphatic rings. The van der Waals surface area contributed by atoms with Crippen LogP contribution < -0.4 is 9.64 Å². The van der Waals surface area contributed by atoms with Crippen LogP contribution in [0, 0.1) is 5.41 Å². The molecule has 0 aliphatic carbocycles. The van der Waals surface area contributed by atoms with Crippen LogP contribution in [0.3, 0.4) is 0 Å². The number of benzene rings is 2. The minimum atomic E-state index is -0.501. The predicted octanol–water partition coefficient (Wildman–Crippen LogP) is 3.34. The first-order valence-electron chi connectivity index (χ1n) is 9.34. The lowest BCUT2D eigenvalue weighted by molar-refractivity contribution is -0.204. The highest BCUT2D eigenvalue weighted by atomic mass is 32.2. The fraction of sp³-hybridized carbons (Fsp3) is 0.429. The molecule has 5 nitrogen and oxygen atoms in total. The largest absolute Gasteiger partial charge is 0.497 e. The second-order valence-electron chi connectivity index (χ2n) is 7.83. The van der Waals surface area contributed by atoms with Crippen LogP contribution in [0.1, 0.15) is 6.92 Å². The first-order chi connectivity index (χ1) is 13.1. The molecule has 27 heavy (non-hydrogen) atoms. The number of nitrogens with zero attached hydrogens (tertiary/aromatic N) is 2. The van der Waals surface area contributed by atoms with E-state index in [2.05, 4.69) is 46.2 Å². The summed E-state index contributed by atoms with van der Waals surface area (Å²) in [5, 5.41) is 10.8. The third-order valence-corrected chi connectivity index (χ3v) is 6.86. The fourth-order valence-corrected chi connectivity index (χ4v) is 5.49. The summed E-state index contributed by atoms with van der Waals surface area (Å²) in [4.78, 5) is 7.06. The van der Waals surface area contributed by atoms with Gasteiger partial charge < -0.3 is 19.5 Å². The average molecular weight is 385 g/mol. The molecule has 0 amide bonds. The van der Waals surface area contributed by atoms with Crippen molar-refractivity contribution >= 4 is 23.1 Å². The van der Waals surface area contributed by atoms with Gasteiger partial charge in [-0.05, 0) is 31.2 Å². The van der Waals surface area contributed by atoms with Crippen molar-refractivity contribution in [1.82, 2.24) is 4.90 Å². The van der Waals surface area contributed by atoms with Crippen molar-refractivity contribution in [3.63, 3.8) is 0 Å². The number of anilines is 2. The van der Waals surface area contributed by atoms with Gasteiger partial charge in [-0.2, -0.15) is 0 Å². The Hall–Kier alpha value is -1.73. The van der Waals surface area contributed by atoms with Gasteiger partial charge in [0.05, 0.1) is 37.8 Å². The van der Waals surface area contributed by atoms with Gasteiger partial charge in [-0.15, -0.1) is 0 Å². The van der Waals surface area contributed by atoms with Gasteiger partial charge in [0.1, 0.15) is 11.9 Å². The Kier molecular flexibility index (Phi) is 4.13. The average Bonchev–Trinajstić information content (AvgIpc) is 2.60. The molecule has 5 rings (SSSR count). The molecule has 0 radical (unpaired) electrons. The van der Waals surface area contributed by atoms with Crippen molar-refractivity contribution < 1.29 is 14.6 Å². The Balaban J connectivity index is 1.58. The van der Waals surface area contributed by atoms with Crippen LogP contribution in [0.4, 0.5) is 11.4 Å². The highest BCUT2D eigenvalue weighted by Gasteiger charge is 2.53. The van der Waals surface area contributed by atoms with E-state index in [1.165, 1.54) is 9.79 Å². The van der Waals surface area contributed by atoms with E-state index < -0.39 is 6.10 Å². The van der Waals surface area contributed by atoms with Crippen molar-refractivity contribution in [2.75, 3.05) is 38.3 Å². The summed E-state index contributed by atoms with van der Waals surface area (Å²) in [7, 11) is 1.69. The second kappa shape index (κ2) is 6.41. The van der Waals surface area contributed by atoms with Gasteiger partial charge in [0.25, 0.3) is 0 Å². The van der Waals surface area contributed by atoms with E-state index in [1.807, 2.05) is 13.0 Å². The van der Waals surface area contributed by atoms with Crippen LogP contribution >= 0.6 is 11.8 Å². The molecule has 0 aromatic heterocycles. The predicted molar refractivity (Wildman–Crippen MR) is 106 cm³/mol. The minimum absolute atomic E-state index is 0.121. The van der Waals surface area contributed by atoms with Crippen molar-refractivity contribution in [3.8, 4) is 5.75 Å². The monoisotopic (exact) mass is 384 g/mol. The van der Waals surface area contributed by atoms with Gasteiger partial charge in [-0.25, -0.2) is 0 Å². The number of hydrogen-bond donors (Lipinski definition) is 1. The highest BCUT2D eigenvalue weighted by Crippen LogP contribution is 2.51. The van der Waals surface area contributed by atoms with E-state index in [-0.39, 0.29) is 6.17 Å². The van der Waals surface area contributed by atoms with Gasteiger partial charge in [0.2, 0.25) is 0 Å². The van der Waals surface area contributed by atoms with Gasteiger partial charge in [-0.1, -0.05) is 23.9 Å². The Bertz CT molecular complexity index is 860. The molecule has 2 aromatic rings. The lowest BCUT2D eigenvalue weighted by atomic mass is 9.77. The fourth-order valence-electron chi connectivity index (χ4n) is 4.43. The normalized spacial score (nSPS) is 22.3. The minimum Gasteiger partial charge on any atom is -0.497 e. The van der Waals surface area contributed by atoms with Crippen molar-refractivity contribution in [1.29, 1.82) is 0 Å². The number of rotatable bonds is 4. The zero-order chi connectivity index (χ0) is 18.6. The maximum atomic E-state index is 10.8. The molecular formula is C21H24N2O3S. The third-order valence-electron chi connectivity index (χ3n) is 5.73. The topological polar surface area (TPSA) is 45.2 Å². The van der Waals surface area contributed by atoms with Gasteiger partial charge in [-0.3, -0.25) is 4.90 Å². The number of fused-ring (bicyclic) bond motifs is 2. The molecule has 0 saturated carbocycles. The quantitative estimate of drug-likeness (QED) is 0.872. The molecule has 2 atom stereocenters. The number of aliphatic hydroxyl groups is 1. The Morgan fingerprint density at radius 3 is 2.52 bits per heavy atom. The Morgan fingerprint density at radius 1 is 1.11 bits per heavy atom. The summed E-state index contributed by atoms with van der Waals surface area (Å²) in [6.07, 6.45) is -0.623. The number of ether oxygens (including phenoxy) is 2. The highest BCUT2D eigenvalue weighted by molar-refractivity contribution is 7.99. The lowest BCUT2D eigenvalue weighted by Crippen LogP contribution is -2.71. The molecular weight excluding hydrogens is 360 g/mol. The first kappa shape index (κ1) is 17.4. The van der Waals surface area contributed by atoms with E-state index in [0.29, 0.717) is 5.41 Å². The Morgan fingerprint density at radius 2 is 1.85 bits per heavy atom. The molecule has 2 unspecified atom stereocenters. The van der Waals surface area contributed by atoms with Crippen LogP contribution in [-0.2, 0) is 4.74 Å². The number of methoxy groups -OCH3 is 1. The van der Waals surface area contributed by atoms with E-state index in [1.54, 1.807) is 18.9 Å². The molecule has 6 heteroatoms. The molecule has 1 N–H and O–H groups in total. The maximum Gasteiger partial charge on any atom is 0.121 e. The molecule has 3 aliphatic heterocycles. The maximum absolute atomic E-state index is 10.8. The van der Waals surface area contributed by atoms with Crippen molar-refractivity contribution in [3.05, 3.63) is 42.5 Å². The molecule has 2 fully saturated rings. The van der Waals surface area contributed by atoms with E-state index >= 15 is 0 Å². The zero-order valence-corrected chi connectivity index (χ0v) is 16.4. The summed E-state index contributed by atoms with van der Waals surface area (Å²) in [6, 6.07) is 14.6. The van der Waals surface area contributed by atoms with Crippen LogP contribution in [0.2, 0.25) is 0 Å². The number of aliphatic hydroxyl groups excluding tert-OH is 1. The number of hydrogen-bond acceptors (Lipinski definition) is 6. The Labute approximate surface area is 163 Å². The lowest BCUT2D eigenvalue weighted by Gasteiger charge is -2.59. The summed E-state index contributed by atoms with van der Waals surface area (Å²) < 4.78 is 10.9. The van der Waals surface area contributed by atoms with Crippen LogP contribution in [-0.4, -0.2) is 55.7 Å². The SMILES string of the molecule is COc1ccc2c(c1)N(C(C(C)O)N1CC3(COC3)C1)c1ccccc1S2. The molecule has 1 spiro atoms. The molecule has 3 heterocycles. The standard InChI is InChI=1S/C21H24N2O3S/c1-14(24)20(22-10-21(11-22)12-26-13-21)23-16-5-3-4-6-18(16)27-19-8-7-15(25-2)9-17(19)23/h3-9,14,20,24H,10-13H2,1-2H3. The van der Waals surface area contributed by atoms with Crippen molar-refractivity contribution in [2.45, 2.75) is 29.0 Å². The zero-order valence-electron chi connectivity index (χ0n) is 15.6. The smallest absolute Gasteiger partial charge is 0.121 e. The van der Waals surface area contributed by atoms with Gasteiger partial charge in [0, 0.05) is 34.4 Å². The molecule has 2 aromatic carbocycles. The summed E-state index contributed by atoms with van der Waals surface area (Å²) in [6.45, 7) is 5.50. The summed E-state index contributed by atoms with van der Waals surface area (Å²) >= 11 is 1.77. The molecule has 0 bridgehead atoms. The van der Waals surface area contributed by atoms with Crippen molar-refractivity contribution in [2.24, 2.45) is 5.41 Å². The van der Waals surface area contributed by atoms with Crippen LogP contribution in [0.25, 0.3) is 0 Å².